The van der Waals surface area contributed by atoms with Crippen molar-refractivity contribution in [1.29, 1.82) is 0 Å². The Kier molecular flexibility index (Phi) is 4.83. The Morgan fingerprint density at radius 2 is 2.39 bits per heavy atom. The molecule has 0 saturated heterocycles. The van der Waals surface area contributed by atoms with Crippen LogP contribution in [0.4, 0.5) is 0 Å². The van der Waals surface area contributed by atoms with Gasteiger partial charge in [-0.2, -0.15) is 5.10 Å². The lowest BCUT2D eigenvalue weighted by atomic mass is 10.1. The number of hydrogen-bond acceptors (Lipinski definition) is 5. The molecule has 0 aliphatic heterocycles. The van der Waals surface area contributed by atoms with Crippen LogP contribution in [0.1, 0.15) is 36.4 Å². The normalized spacial score (nSPS) is 12.8. The molecule has 0 saturated carbocycles. The summed E-state index contributed by atoms with van der Waals surface area (Å²) in [5.41, 5.74) is 1.26. The summed E-state index contributed by atoms with van der Waals surface area (Å²) in [4.78, 5) is 1.21. The van der Waals surface area contributed by atoms with E-state index in [1.54, 1.807) is 0 Å². The van der Waals surface area contributed by atoms with Crippen molar-refractivity contribution >= 4 is 11.5 Å². The number of nitrogens with zero attached hydrogens (tertiary/aromatic N) is 4. The van der Waals surface area contributed by atoms with Gasteiger partial charge in [-0.1, -0.05) is 11.4 Å². The van der Waals surface area contributed by atoms with Crippen LogP contribution in [0.3, 0.4) is 0 Å². The number of aryl methyl sites for hydroxylation is 2. The summed E-state index contributed by atoms with van der Waals surface area (Å²) in [5.74, 6) is 0. The monoisotopic (exact) mass is 265 g/mol. The maximum Gasteiger partial charge on any atom is 0.0669 e. The highest BCUT2D eigenvalue weighted by atomic mass is 32.1. The number of rotatable bonds is 7. The van der Waals surface area contributed by atoms with E-state index in [9.17, 15) is 0 Å². The van der Waals surface area contributed by atoms with Crippen molar-refractivity contribution in [2.75, 3.05) is 6.54 Å². The van der Waals surface area contributed by atoms with E-state index >= 15 is 0 Å². The molecule has 0 amide bonds. The number of nitrogens with one attached hydrogen (secondary N) is 1. The third-order valence-corrected chi connectivity index (χ3v) is 3.75. The lowest BCUT2D eigenvalue weighted by molar-refractivity contribution is 0.497. The average molecular weight is 265 g/mol. The molecular weight excluding hydrogens is 246 g/mol. The van der Waals surface area contributed by atoms with Gasteiger partial charge in [0.1, 0.15) is 0 Å². The van der Waals surface area contributed by atoms with Crippen LogP contribution in [0.5, 0.6) is 0 Å². The predicted octanol–water partition coefficient (Wildman–Crippen LogP) is 1.95. The van der Waals surface area contributed by atoms with Gasteiger partial charge in [-0.15, -0.1) is 5.10 Å². The first-order valence-corrected chi connectivity index (χ1v) is 7.06. The Bertz CT molecular complexity index is 451. The molecule has 0 spiro atoms. The van der Waals surface area contributed by atoms with Crippen molar-refractivity contribution in [2.45, 2.75) is 32.2 Å². The van der Waals surface area contributed by atoms with Crippen molar-refractivity contribution < 1.29 is 0 Å². The van der Waals surface area contributed by atoms with E-state index < -0.39 is 0 Å². The summed E-state index contributed by atoms with van der Waals surface area (Å²) < 4.78 is 5.88. The molecule has 0 aliphatic rings. The van der Waals surface area contributed by atoms with E-state index in [2.05, 4.69) is 33.0 Å². The van der Waals surface area contributed by atoms with Gasteiger partial charge in [0, 0.05) is 25.0 Å². The first kappa shape index (κ1) is 13.2. The molecule has 98 valence electrons. The third-order valence-electron chi connectivity index (χ3n) is 2.97. The summed E-state index contributed by atoms with van der Waals surface area (Å²) in [7, 11) is 1.98. The van der Waals surface area contributed by atoms with Crippen molar-refractivity contribution in [1.82, 2.24) is 24.7 Å². The highest BCUT2D eigenvalue weighted by Crippen LogP contribution is 2.21. The van der Waals surface area contributed by atoms with Gasteiger partial charge in [0.05, 0.1) is 11.1 Å². The Morgan fingerprint density at radius 3 is 3.00 bits per heavy atom. The zero-order chi connectivity index (χ0) is 12.8. The first-order valence-electron chi connectivity index (χ1n) is 6.28. The van der Waals surface area contributed by atoms with E-state index in [4.69, 9.17) is 0 Å². The lowest BCUT2D eigenvalue weighted by Gasteiger charge is -2.16. The van der Waals surface area contributed by atoms with Crippen LogP contribution in [-0.2, 0) is 13.5 Å². The molecule has 1 unspecified atom stereocenters. The highest BCUT2D eigenvalue weighted by Gasteiger charge is 2.13. The zero-order valence-corrected chi connectivity index (χ0v) is 11.7. The summed E-state index contributed by atoms with van der Waals surface area (Å²) in [6, 6.07) is 2.42. The van der Waals surface area contributed by atoms with Crippen molar-refractivity contribution in [3.05, 3.63) is 29.0 Å². The van der Waals surface area contributed by atoms with Crippen molar-refractivity contribution in [2.24, 2.45) is 7.05 Å². The van der Waals surface area contributed by atoms with Gasteiger partial charge in [0.15, 0.2) is 0 Å². The number of hydrogen-bond donors (Lipinski definition) is 1. The summed E-state index contributed by atoms with van der Waals surface area (Å²) in [6.45, 7) is 3.20. The van der Waals surface area contributed by atoms with E-state index in [-0.39, 0.29) is 0 Å². The molecule has 0 fully saturated rings. The fourth-order valence-corrected chi connectivity index (χ4v) is 2.54. The fraction of sp³-hybridized carbons (Fsp3) is 0.583. The highest BCUT2D eigenvalue weighted by molar-refractivity contribution is 7.05. The van der Waals surface area contributed by atoms with Crippen LogP contribution in [0.25, 0.3) is 0 Å². The van der Waals surface area contributed by atoms with E-state index in [1.807, 2.05) is 24.1 Å². The molecule has 2 rings (SSSR count). The standard InChI is InChI=1S/C12H19N5S/c1-3-7-13-11(12-9-14-16-18-12)5-4-10-6-8-15-17(10)2/h6,8-9,11,13H,3-5,7H2,1-2H3. The molecule has 2 aromatic rings. The van der Waals surface area contributed by atoms with Crippen LogP contribution in [-0.4, -0.2) is 25.9 Å². The maximum atomic E-state index is 4.19. The topological polar surface area (TPSA) is 55.6 Å². The van der Waals surface area contributed by atoms with Crippen LogP contribution >= 0.6 is 11.5 Å². The second-order valence-corrected chi connectivity index (χ2v) is 5.13. The van der Waals surface area contributed by atoms with Gasteiger partial charge in [-0.05, 0) is 43.4 Å². The Labute approximate surface area is 111 Å². The van der Waals surface area contributed by atoms with Crippen LogP contribution in [0.15, 0.2) is 18.5 Å². The Balaban J connectivity index is 1.95. The van der Waals surface area contributed by atoms with Gasteiger partial charge in [-0.25, -0.2) is 0 Å². The van der Waals surface area contributed by atoms with Gasteiger partial charge in [0.2, 0.25) is 0 Å². The van der Waals surface area contributed by atoms with E-state index in [0.717, 1.165) is 25.8 Å². The van der Waals surface area contributed by atoms with E-state index in [0.29, 0.717) is 6.04 Å². The van der Waals surface area contributed by atoms with Crippen molar-refractivity contribution in [3.63, 3.8) is 0 Å². The average Bonchev–Trinajstić information content (AvgIpc) is 3.01. The molecule has 6 heteroatoms. The molecule has 18 heavy (non-hydrogen) atoms. The largest absolute Gasteiger partial charge is 0.309 e. The quantitative estimate of drug-likeness (QED) is 0.831. The van der Waals surface area contributed by atoms with Gasteiger partial charge in [-0.3, -0.25) is 4.68 Å². The number of aromatic nitrogens is 4. The molecular formula is C12H19N5S. The molecule has 1 N–H and O–H groups in total. The molecule has 0 bridgehead atoms. The zero-order valence-electron chi connectivity index (χ0n) is 10.8. The Hall–Kier alpha value is -1.27. The fourth-order valence-electron chi connectivity index (χ4n) is 1.93. The first-order chi connectivity index (χ1) is 8.81. The van der Waals surface area contributed by atoms with Crippen molar-refractivity contribution in [3.8, 4) is 0 Å². The predicted molar refractivity (Wildman–Crippen MR) is 72.5 cm³/mol. The molecule has 5 nitrogen and oxygen atoms in total. The summed E-state index contributed by atoms with van der Waals surface area (Å²) in [6.07, 6.45) is 6.90. The summed E-state index contributed by atoms with van der Waals surface area (Å²) in [5, 5.41) is 11.7. The van der Waals surface area contributed by atoms with Gasteiger partial charge < -0.3 is 5.32 Å². The molecule has 2 heterocycles. The minimum atomic E-state index is 0.347. The molecule has 1 atom stereocenters. The Morgan fingerprint density at radius 1 is 1.50 bits per heavy atom. The molecule has 0 aliphatic carbocycles. The second-order valence-electron chi connectivity index (χ2n) is 4.31. The third kappa shape index (κ3) is 3.36. The van der Waals surface area contributed by atoms with Crippen LogP contribution < -0.4 is 5.32 Å². The van der Waals surface area contributed by atoms with Crippen LogP contribution in [0, 0.1) is 0 Å². The summed E-state index contributed by atoms with van der Waals surface area (Å²) >= 11 is 1.48. The van der Waals surface area contributed by atoms with Gasteiger partial charge in [0.25, 0.3) is 0 Å². The second kappa shape index (κ2) is 6.61. The van der Waals surface area contributed by atoms with E-state index in [1.165, 1.54) is 22.1 Å². The minimum absolute atomic E-state index is 0.347. The minimum Gasteiger partial charge on any atom is -0.309 e. The van der Waals surface area contributed by atoms with Crippen LogP contribution in [0.2, 0.25) is 0 Å². The molecule has 0 aromatic carbocycles. The molecule has 2 aromatic heterocycles. The molecule has 0 radical (unpaired) electrons. The smallest absolute Gasteiger partial charge is 0.0669 e. The lowest BCUT2D eigenvalue weighted by Crippen LogP contribution is -2.22. The maximum absolute atomic E-state index is 4.19. The SMILES string of the molecule is CCCNC(CCc1ccnn1C)c1cnns1. The van der Waals surface area contributed by atoms with Gasteiger partial charge >= 0.3 is 0 Å².